The van der Waals surface area contributed by atoms with E-state index in [4.69, 9.17) is 4.74 Å². The Hall–Kier alpha value is -5.40. The van der Waals surface area contributed by atoms with Gasteiger partial charge in [0.2, 0.25) is 0 Å². The highest BCUT2D eigenvalue weighted by molar-refractivity contribution is 6.11. The Morgan fingerprint density at radius 3 is 2.61 bits per heavy atom. The molecule has 2 aliphatic rings. The Labute approximate surface area is 280 Å². The molecule has 2 aliphatic heterocycles. The Kier molecular flexibility index (Phi) is 8.35. The van der Waals surface area contributed by atoms with Gasteiger partial charge >= 0.3 is 0 Å². The molecule has 2 saturated heterocycles. The van der Waals surface area contributed by atoms with E-state index in [9.17, 15) is 13.6 Å². The Bertz CT molecular complexity index is 2130. The molecule has 49 heavy (non-hydrogen) atoms. The summed E-state index contributed by atoms with van der Waals surface area (Å²) >= 11 is 0. The number of nitrogens with zero attached hydrogens (tertiary/aromatic N) is 4. The number of nitrogens with one attached hydrogen (secondary N) is 5. The van der Waals surface area contributed by atoms with Crippen LogP contribution in [-0.4, -0.2) is 76.5 Å². The van der Waals surface area contributed by atoms with Crippen LogP contribution >= 0.6 is 0 Å². The number of carbonyl (C=O) groups excluding carboxylic acids is 1. The molecule has 250 valence electrons. The van der Waals surface area contributed by atoms with Crippen LogP contribution in [0.4, 0.5) is 26.0 Å². The van der Waals surface area contributed by atoms with Crippen molar-refractivity contribution in [3.63, 3.8) is 0 Å². The number of hydrogen-bond acceptors (Lipinski definition) is 8. The second-order valence-electron chi connectivity index (χ2n) is 12.5. The lowest BCUT2D eigenvalue weighted by Crippen LogP contribution is -2.43. The minimum atomic E-state index is -0.651. The van der Waals surface area contributed by atoms with Gasteiger partial charge in [-0.15, -0.1) is 0 Å². The van der Waals surface area contributed by atoms with Crippen LogP contribution < -0.4 is 20.9 Å². The zero-order chi connectivity index (χ0) is 33.3. The number of rotatable bonds is 8. The van der Waals surface area contributed by atoms with Crippen LogP contribution in [0.3, 0.4) is 0 Å². The highest BCUT2D eigenvalue weighted by Crippen LogP contribution is 2.34. The number of carbonyl (C=O) groups is 1. The van der Waals surface area contributed by atoms with E-state index in [1.807, 2.05) is 30.3 Å². The van der Waals surface area contributed by atoms with Crippen molar-refractivity contribution in [1.82, 2.24) is 30.5 Å². The maximum Gasteiger partial charge on any atom is 0.258 e. The molecule has 0 unspecified atom stereocenters. The number of ether oxygens (including phenoxy) is 1. The van der Waals surface area contributed by atoms with Gasteiger partial charge in [-0.05, 0) is 84.5 Å². The quantitative estimate of drug-likeness (QED) is 0.142. The number of imidazole rings is 1. The smallest absolute Gasteiger partial charge is 0.258 e. The predicted octanol–water partition coefficient (Wildman–Crippen LogP) is 5.62. The van der Waals surface area contributed by atoms with Gasteiger partial charge in [-0.3, -0.25) is 9.89 Å². The van der Waals surface area contributed by atoms with E-state index in [0.29, 0.717) is 52.2 Å². The van der Waals surface area contributed by atoms with Gasteiger partial charge < -0.3 is 30.6 Å². The van der Waals surface area contributed by atoms with E-state index in [1.54, 1.807) is 12.5 Å². The van der Waals surface area contributed by atoms with E-state index in [-0.39, 0.29) is 18.4 Å². The first-order valence-corrected chi connectivity index (χ1v) is 16.5. The molecular weight excluding hydrogens is 628 g/mol. The molecule has 0 aliphatic carbocycles. The molecule has 0 bridgehead atoms. The molecule has 0 spiro atoms. The van der Waals surface area contributed by atoms with Crippen molar-refractivity contribution in [2.75, 3.05) is 54.9 Å². The van der Waals surface area contributed by atoms with Crippen molar-refractivity contribution in [1.29, 1.82) is 0 Å². The molecule has 5 N–H and O–H groups in total. The number of aromatic amines is 2. The fourth-order valence-corrected chi connectivity index (χ4v) is 6.73. The van der Waals surface area contributed by atoms with E-state index < -0.39 is 11.6 Å². The number of fused-ring (bicyclic) bond motifs is 2. The number of piperazine rings is 1. The van der Waals surface area contributed by atoms with Gasteiger partial charge in [-0.1, -0.05) is 0 Å². The molecule has 2 fully saturated rings. The number of amides is 1. The summed E-state index contributed by atoms with van der Waals surface area (Å²) in [7, 11) is 0. The van der Waals surface area contributed by atoms with E-state index in [2.05, 4.69) is 52.1 Å². The highest BCUT2D eigenvalue weighted by atomic mass is 19.1. The van der Waals surface area contributed by atoms with Gasteiger partial charge in [0.15, 0.2) is 11.5 Å². The second kappa shape index (κ2) is 13.2. The first kappa shape index (κ1) is 30.9. The van der Waals surface area contributed by atoms with Crippen molar-refractivity contribution >= 4 is 45.2 Å². The second-order valence-corrected chi connectivity index (χ2v) is 12.5. The number of halogens is 2. The highest BCUT2D eigenvalue weighted by Gasteiger charge is 2.22. The summed E-state index contributed by atoms with van der Waals surface area (Å²) in [4.78, 5) is 28.1. The van der Waals surface area contributed by atoms with Crippen LogP contribution in [0.2, 0.25) is 0 Å². The van der Waals surface area contributed by atoms with Crippen molar-refractivity contribution < 1.29 is 18.3 Å². The van der Waals surface area contributed by atoms with Gasteiger partial charge in [0.05, 0.1) is 17.4 Å². The molecule has 0 radical (unpaired) electrons. The Morgan fingerprint density at radius 1 is 0.980 bits per heavy atom. The summed E-state index contributed by atoms with van der Waals surface area (Å²) in [5.41, 5.74) is 7.15. The number of H-pyrrole nitrogens is 2. The number of benzene rings is 3. The third kappa shape index (κ3) is 6.54. The minimum Gasteiger partial charge on any atom is -0.381 e. The van der Waals surface area contributed by atoms with E-state index in [1.165, 1.54) is 12.1 Å². The lowest BCUT2D eigenvalue weighted by molar-refractivity contribution is 0.0904. The van der Waals surface area contributed by atoms with E-state index >= 15 is 0 Å². The Morgan fingerprint density at radius 2 is 1.80 bits per heavy atom. The number of aromatic nitrogens is 5. The fraction of sp³-hybridized carbons (Fsp3) is 0.278. The lowest BCUT2D eigenvalue weighted by Gasteiger charge is -2.31. The minimum absolute atomic E-state index is 0.189. The zero-order valence-electron chi connectivity index (χ0n) is 26.7. The van der Waals surface area contributed by atoms with Crippen molar-refractivity contribution in [2.45, 2.75) is 25.3 Å². The molecule has 0 atom stereocenters. The van der Waals surface area contributed by atoms with Crippen LogP contribution in [0, 0.1) is 11.6 Å². The predicted molar refractivity (Wildman–Crippen MR) is 185 cm³/mol. The van der Waals surface area contributed by atoms with Crippen LogP contribution in [0.5, 0.6) is 0 Å². The maximum atomic E-state index is 14.2. The molecule has 3 aromatic carbocycles. The van der Waals surface area contributed by atoms with Crippen molar-refractivity contribution in [3.8, 4) is 11.1 Å². The summed E-state index contributed by atoms with van der Waals surface area (Å²) in [5, 5.41) is 18.3. The molecular formula is C36H35F2N9O2. The molecule has 1 amide bonds. The average Bonchev–Trinajstić information content (AvgIpc) is 3.74. The zero-order valence-corrected chi connectivity index (χ0v) is 26.7. The van der Waals surface area contributed by atoms with Gasteiger partial charge in [0.1, 0.15) is 17.2 Å². The van der Waals surface area contributed by atoms with Crippen LogP contribution in [0.1, 0.15) is 34.3 Å². The largest absolute Gasteiger partial charge is 0.381 e. The topological polar surface area (TPSA) is 136 Å². The standard InChI is InChI=1S/C36H35F2N9O2/c37-24-12-21(13-25(38)16-24)11-22-14-30-32(18-29(22)23-15-33-35(40-19-23)42-20-41-33)45-46-34(30)44-36(48)28-2-1-27(47-7-5-39-6-8-47)17-31(28)43-26-3-9-49-10-4-26/h1-2,12-20,26,39,43H,3-11H2,(H,40,41,42)(H2,44,45,46,48). The van der Waals surface area contributed by atoms with Gasteiger partial charge in [-0.25, -0.2) is 18.7 Å². The van der Waals surface area contributed by atoms with Gasteiger partial charge in [0.25, 0.3) is 5.91 Å². The maximum absolute atomic E-state index is 14.2. The van der Waals surface area contributed by atoms with Gasteiger partial charge in [0, 0.05) is 80.0 Å². The normalized spacial score (nSPS) is 15.6. The molecule has 5 heterocycles. The third-order valence-corrected chi connectivity index (χ3v) is 9.23. The summed E-state index contributed by atoms with van der Waals surface area (Å²) in [6.45, 7) is 4.94. The molecule has 3 aromatic heterocycles. The van der Waals surface area contributed by atoms with Crippen molar-refractivity contribution in [3.05, 3.63) is 95.4 Å². The van der Waals surface area contributed by atoms with Crippen LogP contribution in [-0.2, 0) is 11.2 Å². The number of anilines is 3. The number of pyridine rings is 1. The average molecular weight is 664 g/mol. The molecule has 6 aromatic rings. The SMILES string of the molecule is O=C(Nc1n[nH]c2cc(-c3cnc4[nH]cnc4c3)c(Cc3cc(F)cc(F)c3)cc12)c1ccc(N2CCNCC2)cc1NC1CCOCC1. The third-order valence-electron chi connectivity index (χ3n) is 9.23. The lowest BCUT2D eigenvalue weighted by atomic mass is 9.94. The molecule has 13 heteroatoms. The van der Waals surface area contributed by atoms with E-state index in [0.717, 1.165) is 73.2 Å². The van der Waals surface area contributed by atoms with Crippen molar-refractivity contribution in [2.24, 2.45) is 0 Å². The van der Waals surface area contributed by atoms with Gasteiger partial charge in [-0.2, -0.15) is 5.10 Å². The summed E-state index contributed by atoms with van der Waals surface area (Å²) in [6, 6.07) is 15.3. The molecule has 11 nitrogen and oxygen atoms in total. The summed E-state index contributed by atoms with van der Waals surface area (Å²) < 4.78 is 34.0. The van der Waals surface area contributed by atoms with Crippen LogP contribution in [0.15, 0.2) is 67.1 Å². The first-order valence-electron chi connectivity index (χ1n) is 16.5. The summed E-state index contributed by atoms with van der Waals surface area (Å²) in [6.07, 6.45) is 5.24. The fourth-order valence-electron chi connectivity index (χ4n) is 6.73. The first-order chi connectivity index (χ1) is 24.0. The van der Waals surface area contributed by atoms with Crippen LogP contribution in [0.25, 0.3) is 33.2 Å². The summed E-state index contributed by atoms with van der Waals surface area (Å²) in [5.74, 6) is -1.26. The molecule has 0 saturated carbocycles. The number of hydrogen-bond donors (Lipinski definition) is 5. The molecule has 8 rings (SSSR count). The Balaban J connectivity index is 1.15. The monoisotopic (exact) mass is 663 g/mol.